The highest BCUT2D eigenvalue weighted by molar-refractivity contribution is 7.60. The maximum atomic E-state index is 14.2. The van der Waals surface area contributed by atoms with Crippen LogP contribution in [-0.4, -0.2) is 86.6 Å². The fourth-order valence-electron chi connectivity index (χ4n) is 11.1. The number of H-pyrrole nitrogens is 2. The molecule has 0 unspecified atom stereocenters. The van der Waals surface area contributed by atoms with E-state index < -0.39 is 12.1 Å². The molecule has 7 atom stereocenters. The van der Waals surface area contributed by atoms with Gasteiger partial charge in [0.2, 0.25) is 11.8 Å². The molecule has 4 aromatic rings. The normalized spacial score (nSPS) is 23.0. The summed E-state index contributed by atoms with van der Waals surface area (Å²) in [6, 6.07) is 14.6. The maximum Gasteiger partial charge on any atom is 0.407 e. The molecule has 2 aliphatic carbocycles. The van der Waals surface area contributed by atoms with Crippen LogP contribution in [0, 0.1) is 29.1 Å². The number of carbonyl (C=O) groups is 3. The van der Waals surface area contributed by atoms with E-state index in [1.54, 1.807) is 0 Å². The van der Waals surface area contributed by atoms with E-state index in [-0.39, 0.29) is 136 Å². The molecule has 2 aromatic carbocycles. The summed E-state index contributed by atoms with van der Waals surface area (Å²) in [4.78, 5) is 62.1. The van der Waals surface area contributed by atoms with Crippen molar-refractivity contribution in [2.75, 3.05) is 26.9 Å². The number of benzene rings is 2. The number of likely N-dealkylation sites (tertiary alicyclic amines) is 2. The third kappa shape index (κ3) is 12.0. The minimum atomic E-state index is -0.721. The van der Waals surface area contributed by atoms with Gasteiger partial charge >= 0.3 is 6.09 Å². The minimum absolute atomic E-state index is 0. The van der Waals surface area contributed by atoms with Gasteiger partial charge in [-0.3, -0.25) is 9.59 Å². The molecule has 3 amide bonds. The smallest absolute Gasteiger partial charge is 0.407 e. The van der Waals surface area contributed by atoms with Gasteiger partial charge < -0.3 is 34.6 Å². The Balaban J connectivity index is 0.00000227. The summed E-state index contributed by atoms with van der Waals surface area (Å²) >= 11 is 0. The van der Waals surface area contributed by atoms with E-state index in [1.807, 2.05) is 24.9 Å². The number of hydrogen-bond donors (Lipinski definition) is 3. The van der Waals surface area contributed by atoms with Gasteiger partial charge in [0.05, 0.1) is 43.4 Å². The average molecular weight is 1070 g/mol. The third-order valence-corrected chi connectivity index (χ3v) is 14.9. The second-order valence-corrected chi connectivity index (χ2v) is 19.4. The average Bonchev–Trinajstić information content (AvgIpc) is 4.09. The predicted octanol–water partition coefficient (Wildman–Crippen LogP) is 9.60. The first-order valence-corrected chi connectivity index (χ1v) is 22.9. The lowest BCUT2D eigenvalue weighted by molar-refractivity contribution is -0.140. The molecule has 0 bridgehead atoms. The quantitative estimate of drug-likeness (QED) is 0.151. The van der Waals surface area contributed by atoms with Gasteiger partial charge in [-0.2, -0.15) is 94.5 Å². The highest BCUT2D eigenvalue weighted by atomic mass is 32.1. The number of carbonyl (C=O) groups excluding carboxylic acids is 3. The summed E-state index contributed by atoms with van der Waals surface area (Å²) in [6.45, 7) is 12.2. The summed E-state index contributed by atoms with van der Waals surface area (Å²) in [5, 5.41) is 2.78. The molecule has 3 aliphatic heterocycles. The van der Waals surface area contributed by atoms with E-state index in [0.29, 0.717) is 31.0 Å². The molecule has 1 spiro atoms. The number of hydrogen-bond acceptors (Lipinski definition) is 7. The van der Waals surface area contributed by atoms with E-state index in [0.717, 1.165) is 91.3 Å². The van der Waals surface area contributed by atoms with Crippen molar-refractivity contribution in [1.82, 2.24) is 35.1 Å². The standard InChI is InChI=1S/C49H63N7O5.7H2S/c1-28(2)30(5)46(57)56-39-11-8-7-10-35(39)23-40(56)45-51-37-19-17-34-22-33(16-18-36(34)43(37)53-45)31-12-14-32(15-13-31)38-25-50-44(52-38)41-24-49(20-9-21-61-27-49)26-55(41)47(58)42(29(3)4)54-48(59)60-6;;;;;;;/h12-16,18,22,25,28-30,35,39-42H,7-11,17,19-21,23-24,26-27H2,1-6H3,(H,50,52)(H,51,53)(H,54,59);7*1H2/t30-,35-,39-,40-,41-,42-,49-;;;;;;;/m0......./s1. The van der Waals surface area contributed by atoms with Crippen LogP contribution in [0.4, 0.5) is 4.79 Å². The minimum Gasteiger partial charge on any atom is -0.453 e. The molecule has 9 rings (SSSR count). The van der Waals surface area contributed by atoms with Crippen LogP contribution in [-0.2, 0) is 31.9 Å². The molecule has 4 fully saturated rings. The van der Waals surface area contributed by atoms with Crippen LogP contribution in [0.1, 0.15) is 121 Å². The van der Waals surface area contributed by atoms with Crippen LogP contribution in [0.25, 0.3) is 33.6 Å². The van der Waals surface area contributed by atoms with Gasteiger partial charge in [-0.25, -0.2) is 14.8 Å². The van der Waals surface area contributed by atoms with Gasteiger partial charge in [-0.1, -0.05) is 89.9 Å². The molecule has 5 aliphatic rings. The van der Waals surface area contributed by atoms with Crippen LogP contribution in [0.15, 0.2) is 48.7 Å². The first-order chi connectivity index (χ1) is 29.4. The molecule has 3 N–H and O–H groups in total. The lowest BCUT2D eigenvalue weighted by Gasteiger charge is -2.36. The number of amides is 3. The second kappa shape index (κ2) is 25.7. The Morgan fingerprint density at radius 3 is 2.16 bits per heavy atom. The number of alkyl carbamates (subject to hydrolysis) is 1. The Bertz CT molecular complexity index is 2290. The van der Waals surface area contributed by atoms with E-state index >= 15 is 0 Å². The predicted molar refractivity (Wildman–Crippen MR) is 307 cm³/mol. The molecule has 68 heavy (non-hydrogen) atoms. The van der Waals surface area contributed by atoms with Crippen molar-refractivity contribution in [2.24, 2.45) is 29.1 Å². The molecular weight excluding hydrogens is 991 g/mol. The lowest BCUT2D eigenvalue weighted by Crippen LogP contribution is -2.51. The monoisotopic (exact) mass is 1070 g/mol. The molecule has 19 heteroatoms. The van der Waals surface area contributed by atoms with Gasteiger partial charge in [-0.15, -0.1) is 0 Å². The SMILES string of the molecule is COC(=O)N[C@H](C(=O)N1C[C@]2(CCCOC2)C[C@H]1c1ncc(-c2ccc(-c3ccc4c(c3)CCc3[nH]c([C@@H]5C[C@@H]6CCCC[C@@H]6N5C(=O)[C@@H](C)C(C)C)nc3-4)cc2)[nH]1)C(C)C.S.S.S.S.S.S.S. The van der Waals surface area contributed by atoms with Gasteiger partial charge in [0.15, 0.2) is 0 Å². The van der Waals surface area contributed by atoms with Gasteiger partial charge in [0.25, 0.3) is 0 Å². The zero-order chi connectivity index (χ0) is 42.6. The molecule has 2 aromatic heterocycles. The Kier molecular flexibility index (Phi) is 23.3. The highest BCUT2D eigenvalue weighted by Gasteiger charge is 2.50. The van der Waals surface area contributed by atoms with Crippen molar-refractivity contribution >= 4 is 112 Å². The lowest BCUT2D eigenvalue weighted by atomic mass is 9.80. The van der Waals surface area contributed by atoms with Gasteiger partial charge in [-0.05, 0) is 91.4 Å². The number of fused-ring (bicyclic) bond motifs is 4. The van der Waals surface area contributed by atoms with Crippen LogP contribution in [0.2, 0.25) is 0 Å². The molecule has 0 radical (unpaired) electrons. The van der Waals surface area contributed by atoms with Crippen molar-refractivity contribution in [3.63, 3.8) is 0 Å². The molecule has 3 saturated heterocycles. The summed E-state index contributed by atoms with van der Waals surface area (Å²) < 4.78 is 10.8. The summed E-state index contributed by atoms with van der Waals surface area (Å²) in [7, 11) is 1.31. The summed E-state index contributed by atoms with van der Waals surface area (Å²) in [6.07, 6.45) is 11.5. The van der Waals surface area contributed by atoms with Crippen LogP contribution >= 0.6 is 94.5 Å². The first-order valence-electron chi connectivity index (χ1n) is 22.9. The Hall–Kier alpha value is -2.52. The van der Waals surface area contributed by atoms with Crippen molar-refractivity contribution < 1.29 is 23.9 Å². The van der Waals surface area contributed by atoms with Crippen LogP contribution < -0.4 is 5.32 Å². The van der Waals surface area contributed by atoms with E-state index in [4.69, 9.17) is 19.4 Å². The summed E-state index contributed by atoms with van der Waals surface area (Å²) in [5.41, 5.74) is 8.73. The number of nitrogens with one attached hydrogen (secondary N) is 3. The number of nitrogens with zero attached hydrogens (tertiary/aromatic N) is 4. The third-order valence-electron chi connectivity index (χ3n) is 14.9. The Labute approximate surface area is 452 Å². The summed E-state index contributed by atoms with van der Waals surface area (Å²) in [5.74, 6) is 2.57. The zero-order valence-corrected chi connectivity index (χ0v) is 47.3. The number of rotatable bonds is 9. The second-order valence-electron chi connectivity index (χ2n) is 19.4. The highest BCUT2D eigenvalue weighted by Crippen LogP contribution is 2.49. The largest absolute Gasteiger partial charge is 0.453 e. The van der Waals surface area contributed by atoms with Crippen molar-refractivity contribution in [1.29, 1.82) is 0 Å². The van der Waals surface area contributed by atoms with Gasteiger partial charge in [0.1, 0.15) is 17.7 Å². The molecule has 380 valence electrons. The number of methoxy groups -OCH3 is 1. The molecular formula is C49H77N7O5S7. The molecule has 5 heterocycles. The number of aromatic amines is 2. The Morgan fingerprint density at radius 2 is 1.50 bits per heavy atom. The fraction of sp³-hybridized carbons (Fsp3) is 0.571. The van der Waals surface area contributed by atoms with E-state index in [1.165, 1.54) is 43.2 Å². The fourth-order valence-corrected chi connectivity index (χ4v) is 11.1. The number of imidazole rings is 2. The van der Waals surface area contributed by atoms with Gasteiger partial charge in [0, 0.05) is 41.8 Å². The van der Waals surface area contributed by atoms with Crippen molar-refractivity contribution in [2.45, 2.75) is 123 Å². The number of ether oxygens (including phenoxy) is 2. The number of aryl methyl sites for hydroxylation is 2. The molecule has 12 nitrogen and oxygen atoms in total. The number of aromatic nitrogens is 4. The van der Waals surface area contributed by atoms with Crippen molar-refractivity contribution in [3.05, 3.63) is 71.6 Å². The van der Waals surface area contributed by atoms with Crippen molar-refractivity contribution in [3.8, 4) is 33.6 Å². The van der Waals surface area contributed by atoms with Crippen LogP contribution in [0.5, 0.6) is 0 Å². The van der Waals surface area contributed by atoms with Crippen LogP contribution in [0.3, 0.4) is 0 Å². The zero-order valence-electron chi connectivity index (χ0n) is 40.3. The van der Waals surface area contributed by atoms with E-state index in [2.05, 4.69) is 83.4 Å². The first kappa shape index (κ1) is 61.6. The van der Waals surface area contributed by atoms with E-state index in [9.17, 15) is 14.4 Å². The Morgan fingerprint density at radius 1 is 0.809 bits per heavy atom. The molecule has 1 saturated carbocycles. The maximum absolute atomic E-state index is 14.2. The topological polar surface area (TPSA) is 146 Å².